The summed E-state index contributed by atoms with van der Waals surface area (Å²) in [7, 11) is 1.67. The molecule has 170 valence electrons. The Hall–Kier alpha value is -3.45. The molecule has 3 heterocycles. The van der Waals surface area contributed by atoms with Crippen LogP contribution in [0, 0.1) is 6.92 Å². The van der Waals surface area contributed by atoms with Crippen LogP contribution in [0.5, 0.6) is 0 Å². The summed E-state index contributed by atoms with van der Waals surface area (Å²) in [4.78, 5) is 44.5. The fraction of sp³-hybridized carbons (Fsp3) is 0.346. The third kappa shape index (κ3) is 2.88. The Balaban J connectivity index is 1.77. The van der Waals surface area contributed by atoms with Crippen LogP contribution in [-0.4, -0.2) is 43.0 Å². The van der Waals surface area contributed by atoms with Crippen LogP contribution in [0.1, 0.15) is 47.5 Å². The van der Waals surface area contributed by atoms with Crippen LogP contribution in [0.4, 0.5) is 5.69 Å². The average Bonchev–Trinajstić information content (AvgIpc) is 3.17. The smallest absolute Gasteiger partial charge is 0.291 e. The first-order valence-corrected chi connectivity index (χ1v) is 11.2. The molecule has 0 saturated heterocycles. The van der Waals surface area contributed by atoms with Gasteiger partial charge in [-0.3, -0.25) is 14.4 Å². The molecule has 0 bridgehead atoms. The summed E-state index contributed by atoms with van der Waals surface area (Å²) in [5.41, 5.74) is 0.744. The van der Waals surface area contributed by atoms with Gasteiger partial charge in [0.15, 0.2) is 11.0 Å². The van der Waals surface area contributed by atoms with E-state index in [0.717, 1.165) is 5.56 Å². The number of hydrogen-bond donors (Lipinski definition) is 0. The van der Waals surface area contributed by atoms with Crippen molar-refractivity contribution in [1.29, 1.82) is 0 Å². The molecule has 0 fully saturated rings. The number of carbonyl (C=O) groups excluding carboxylic acids is 2. The molecule has 1 atom stereocenters. The summed E-state index contributed by atoms with van der Waals surface area (Å²) < 4.78 is 11.7. The number of anilines is 1. The molecule has 2 amide bonds. The van der Waals surface area contributed by atoms with Gasteiger partial charge in [0.1, 0.15) is 5.58 Å². The van der Waals surface area contributed by atoms with E-state index in [1.165, 1.54) is 9.80 Å². The summed E-state index contributed by atoms with van der Waals surface area (Å²) in [5, 5.41) is 0.366. The van der Waals surface area contributed by atoms with Gasteiger partial charge in [-0.25, -0.2) is 0 Å². The second-order valence-electron chi connectivity index (χ2n) is 8.96. The number of nitrogens with zero attached hydrogens (tertiary/aromatic N) is 2. The highest BCUT2D eigenvalue weighted by molar-refractivity contribution is 6.16. The van der Waals surface area contributed by atoms with E-state index in [0.29, 0.717) is 35.2 Å². The van der Waals surface area contributed by atoms with Crippen LogP contribution in [0.25, 0.3) is 11.0 Å². The molecular weight excluding hydrogens is 420 g/mol. The number of benzene rings is 2. The van der Waals surface area contributed by atoms with Crippen molar-refractivity contribution < 1.29 is 18.7 Å². The number of para-hydroxylation sites is 1. The van der Waals surface area contributed by atoms with Crippen LogP contribution in [0.15, 0.2) is 51.7 Å². The maximum Gasteiger partial charge on any atom is 0.291 e. The Morgan fingerprint density at radius 3 is 2.61 bits per heavy atom. The van der Waals surface area contributed by atoms with Gasteiger partial charge < -0.3 is 19.0 Å². The lowest BCUT2D eigenvalue weighted by molar-refractivity contribution is -0.125. The average molecular weight is 447 g/mol. The fourth-order valence-electron chi connectivity index (χ4n) is 5.05. The summed E-state index contributed by atoms with van der Waals surface area (Å²) in [6, 6.07) is 12.6. The number of likely N-dealkylation sites (N-methyl/N-ethyl adjacent to an activating group) is 1. The van der Waals surface area contributed by atoms with Crippen LogP contribution in [0.3, 0.4) is 0 Å². The minimum Gasteiger partial charge on any atom is -0.450 e. The lowest BCUT2D eigenvalue weighted by Gasteiger charge is -2.34. The normalized spacial score (nSPS) is 19.3. The number of carbonyl (C=O) groups is 2. The first-order chi connectivity index (χ1) is 15.8. The molecule has 0 saturated carbocycles. The van der Waals surface area contributed by atoms with Gasteiger partial charge in [-0.2, -0.15) is 0 Å². The van der Waals surface area contributed by atoms with E-state index in [2.05, 4.69) is 0 Å². The molecule has 1 spiro atoms. The molecule has 2 aliphatic rings. The van der Waals surface area contributed by atoms with Gasteiger partial charge in [0.2, 0.25) is 5.76 Å². The Labute approximate surface area is 191 Å². The topological polar surface area (TPSA) is 80.1 Å². The SMILES string of the molecule is Cc1ccc2oc3c(c(=O)c2c1)C1(C(=O)N(C)c2ccccc21)N(CCCOC(C)C)C3=O. The summed E-state index contributed by atoms with van der Waals surface area (Å²) in [6.45, 7) is 6.46. The summed E-state index contributed by atoms with van der Waals surface area (Å²) in [5.74, 6) is -0.841. The van der Waals surface area contributed by atoms with Crippen molar-refractivity contribution in [2.75, 3.05) is 25.1 Å². The molecule has 2 aromatic carbocycles. The lowest BCUT2D eigenvalue weighted by atomic mass is 9.84. The molecule has 7 nitrogen and oxygen atoms in total. The van der Waals surface area contributed by atoms with Crippen molar-refractivity contribution in [2.45, 2.75) is 38.8 Å². The van der Waals surface area contributed by atoms with Crippen LogP contribution in [0.2, 0.25) is 0 Å². The van der Waals surface area contributed by atoms with Crippen molar-refractivity contribution in [3.05, 3.63) is 75.1 Å². The predicted octanol–water partition coefficient (Wildman–Crippen LogP) is 3.59. The van der Waals surface area contributed by atoms with Gasteiger partial charge in [0.05, 0.1) is 17.1 Å². The standard InChI is InChI=1S/C26H26N2O5/c1-15(2)32-13-7-12-28-24(30)23-21(22(29)17-14-16(3)10-11-20(17)33-23)26(28)18-8-5-6-9-19(18)27(4)25(26)31/h5-6,8-11,14-15H,7,12-13H2,1-4H3. The van der Waals surface area contributed by atoms with Gasteiger partial charge in [0, 0.05) is 31.5 Å². The molecule has 3 aromatic rings. The lowest BCUT2D eigenvalue weighted by Crippen LogP contribution is -2.53. The highest BCUT2D eigenvalue weighted by atomic mass is 16.5. The van der Waals surface area contributed by atoms with Gasteiger partial charge in [0.25, 0.3) is 11.8 Å². The van der Waals surface area contributed by atoms with E-state index < -0.39 is 11.4 Å². The first-order valence-electron chi connectivity index (χ1n) is 11.2. The molecule has 0 N–H and O–H groups in total. The summed E-state index contributed by atoms with van der Waals surface area (Å²) in [6.07, 6.45) is 0.577. The number of amides is 2. The van der Waals surface area contributed by atoms with Gasteiger partial charge in [-0.05, 0) is 45.4 Å². The van der Waals surface area contributed by atoms with Crippen molar-refractivity contribution in [3.63, 3.8) is 0 Å². The molecule has 0 aliphatic carbocycles. The molecule has 33 heavy (non-hydrogen) atoms. The molecule has 2 aliphatic heterocycles. The summed E-state index contributed by atoms with van der Waals surface area (Å²) >= 11 is 0. The van der Waals surface area contributed by atoms with Crippen molar-refractivity contribution in [1.82, 2.24) is 4.90 Å². The molecule has 1 aromatic heterocycles. The zero-order chi connectivity index (χ0) is 23.5. The number of hydrogen-bond acceptors (Lipinski definition) is 5. The molecule has 0 radical (unpaired) electrons. The van der Waals surface area contributed by atoms with Gasteiger partial charge in [-0.15, -0.1) is 0 Å². The van der Waals surface area contributed by atoms with E-state index in [9.17, 15) is 14.4 Å². The Morgan fingerprint density at radius 1 is 1.09 bits per heavy atom. The minimum absolute atomic E-state index is 0.0559. The van der Waals surface area contributed by atoms with Crippen molar-refractivity contribution >= 4 is 28.5 Å². The second-order valence-corrected chi connectivity index (χ2v) is 8.96. The number of fused-ring (bicyclic) bond motifs is 5. The largest absolute Gasteiger partial charge is 0.450 e. The van der Waals surface area contributed by atoms with E-state index in [1.807, 2.05) is 51.1 Å². The van der Waals surface area contributed by atoms with Crippen LogP contribution >= 0.6 is 0 Å². The van der Waals surface area contributed by atoms with Crippen LogP contribution < -0.4 is 10.3 Å². The highest BCUT2D eigenvalue weighted by Gasteiger charge is 2.64. The third-order valence-electron chi connectivity index (χ3n) is 6.50. The van der Waals surface area contributed by atoms with Gasteiger partial charge >= 0.3 is 0 Å². The third-order valence-corrected chi connectivity index (χ3v) is 6.50. The molecule has 5 rings (SSSR count). The number of rotatable bonds is 5. The fourth-order valence-corrected chi connectivity index (χ4v) is 5.05. The minimum atomic E-state index is -1.55. The van der Waals surface area contributed by atoms with Crippen LogP contribution in [-0.2, 0) is 15.1 Å². The second kappa shape index (κ2) is 7.56. The highest BCUT2D eigenvalue weighted by Crippen LogP contribution is 2.52. The van der Waals surface area contributed by atoms with E-state index in [1.54, 1.807) is 19.2 Å². The van der Waals surface area contributed by atoms with E-state index >= 15 is 0 Å². The first kappa shape index (κ1) is 21.4. The molecule has 1 unspecified atom stereocenters. The zero-order valence-corrected chi connectivity index (χ0v) is 19.2. The monoisotopic (exact) mass is 446 g/mol. The molecule has 7 heteroatoms. The maximum atomic E-state index is 13.9. The number of aryl methyl sites for hydroxylation is 1. The van der Waals surface area contributed by atoms with E-state index in [-0.39, 0.29) is 35.3 Å². The van der Waals surface area contributed by atoms with Gasteiger partial charge in [-0.1, -0.05) is 29.8 Å². The Morgan fingerprint density at radius 2 is 1.85 bits per heavy atom. The Kier molecular flexibility index (Phi) is 4.90. The zero-order valence-electron chi connectivity index (χ0n) is 19.2. The number of ether oxygens (including phenoxy) is 1. The Bertz CT molecular complexity index is 1360. The maximum absolute atomic E-state index is 13.9. The van der Waals surface area contributed by atoms with Crippen molar-refractivity contribution in [3.8, 4) is 0 Å². The van der Waals surface area contributed by atoms with E-state index in [4.69, 9.17) is 9.15 Å². The van der Waals surface area contributed by atoms with Crippen molar-refractivity contribution in [2.24, 2.45) is 0 Å². The molecular formula is C26H26N2O5. The quantitative estimate of drug-likeness (QED) is 0.560. The predicted molar refractivity (Wildman–Crippen MR) is 125 cm³/mol.